The summed E-state index contributed by atoms with van der Waals surface area (Å²) in [5.74, 6) is 0.0261. The highest BCUT2D eigenvalue weighted by molar-refractivity contribution is 6.33. The van der Waals surface area contributed by atoms with E-state index in [0.717, 1.165) is 0 Å². The molecule has 0 aliphatic heterocycles. The highest BCUT2D eigenvalue weighted by atomic mass is 35.5. The first-order valence-electron chi connectivity index (χ1n) is 2.89. The summed E-state index contributed by atoms with van der Waals surface area (Å²) < 4.78 is 0. The molecule has 58 valence electrons. The zero-order chi connectivity index (χ0) is 8.97. The van der Waals surface area contributed by atoms with E-state index < -0.39 is 0 Å². The number of nitrogens with zero attached hydrogens (tertiary/aromatic N) is 5. The van der Waals surface area contributed by atoms with E-state index in [1.165, 1.54) is 12.3 Å². The van der Waals surface area contributed by atoms with Gasteiger partial charge in [-0.1, -0.05) is 11.6 Å². The first-order valence-corrected chi connectivity index (χ1v) is 3.27. The monoisotopic (exact) mass is 179 g/mol. The molecular formula is C6H2ClN5. The molecule has 1 heterocycles. The van der Waals surface area contributed by atoms with E-state index in [4.69, 9.17) is 22.4 Å². The first kappa shape index (κ1) is 8.34. The molecule has 0 atom stereocenters. The van der Waals surface area contributed by atoms with E-state index >= 15 is 0 Å². The van der Waals surface area contributed by atoms with Gasteiger partial charge in [-0.25, -0.2) is 0 Å². The Kier molecular flexibility index (Phi) is 2.49. The highest BCUT2D eigenvalue weighted by Gasteiger charge is 2.03. The average molecular weight is 180 g/mol. The molecule has 0 bridgehead atoms. The van der Waals surface area contributed by atoms with Crippen LogP contribution in [0, 0.1) is 11.3 Å². The van der Waals surface area contributed by atoms with E-state index in [9.17, 15) is 0 Å². The fourth-order valence-electron chi connectivity index (χ4n) is 0.631. The molecule has 0 aromatic carbocycles. The molecule has 0 amide bonds. The summed E-state index contributed by atoms with van der Waals surface area (Å²) in [6.45, 7) is 0. The molecule has 1 aromatic rings. The van der Waals surface area contributed by atoms with Gasteiger partial charge in [-0.3, -0.25) is 4.98 Å². The van der Waals surface area contributed by atoms with Crippen molar-refractivity contribution in [2.75, 3.05) is 0 Å². The van der Waals surface area contributed by atoms with Crippen LogP contribution in [0.2, 0.25) is 5.02 Å². The van der Waals surface area contributed by atoms with Crippen LogP contribution in [-0.2, 0) is 0 Å². The largest absolute Gasteiger partial charge is 0.253 e. The van der Waals surface area contributed by atoms with E-state index in [0.29, 0.717) is 0 Å². The Morgan fingerprint density at radius 1 is 1.75 bits per heavy atom. The number of azide groups is 1. The Morgan fingerprint density at radius 2 is 2.50 bits per heavy atom. The topological polar surface area (TPSA) is 85.4 Å². The molecule has 5 nitrogen and oxygen atoms in total. The van der Waals surface area contributed by atoms with Crippen molar-refractivity contribution >= 4 is 17.4 Å². The van der Waals surface area contributed by atoms with Gasteiger partial charge in [0.1, 0.15) is 11.9 Å². The van der Waals surface area contributed by atoms with Crippen LogP contribution < -0.4 is 0 Å². The van der Waals surface area contributed by atoms with Crippen molar-refractivity contribution < 1.29 is 0 Å². The van der Waals surface area contributed by atoms with Gasteiger partial charge in [0.05, 0.1) is 10.6 Å². The van der Waals surface area contributed by atoms with Crippen molar-refractivity contribution in [1.29, 1.82) is 5.26 Å². The van der Waals surface area contributed by atoms with Crippen LogP contribution in [-0.4, -0.2) is 4.98 Å². The molecule has 1 aromatic heterocycles. The van der Waals surface area contributed by atoms with Crippen LogP contribution in [0.15, 0.2) is 17.4 Å². The Morgan fingerprint density at radius 3 is 3.08 bits per heavy atom. The van der Waals surface area contributed by atoms with Crippen molar-refractivity contribution in [3.63, 3.8) is 0 Å². The number of rotatable bonds is 1. The number of hydrogen-bond donors (Lipinski definition) is 0. The van der Waals surface area contributed by atoms with E-state index in [1.807, 2.05) is 6.07 Å². The zero-order valence-electron chi connectivity index (χ0n) is 5.77. The Bertz CT molecular complexity index is 387. The number of halogens is 1. The van der Waals surface area contributed by atoms with Gasteiger partial charge in [-0.15, -0.1) is 0 Å². The van der Waals surface area contributed by atoms with Gasteiger partial charge >= 0.3 is 0 Å². The van der Waals surface area contributed by atoms with Crippen LogP contribution >= 0.6 is 11.6 Å². The summed E-state index contributed by atoms with van der Waals surface area (Å²) in [5.41, 5.74) is 8.33. The Labute approximate surface area is 72.8 Å². The maximum Gasteiger partial charge on any atom is 0.146 e. The molecule has 0 N–H and O–H groups in total. The van der Waals surface area contributed by atoms with Crippen LogP contribution in [0.5, 0.6) is 0 Å². The summed E-state index contributed by atoms with van der Waals surface area (Å²) in [5, 5.41) is 11.8. The van der Waals surface area contributed by atoms with Crippen LogP contribution in [0.25, 0.3) is 10.4 Å². The number of nitriles is 1. The number of pyridine rings is 1. The number of hydrogen-bond acceptors (Lipinski definition) is 3. The molecular weight excluding hydrogens is 178 g/mol. The lowest BCUT2D eigenvalue weighted by Crippen LogP contribution is -1.79. The summed E-state index contributed by atoms with van der Waals surface area (Å²) in [6, 6.07) is 3.28. The molecule has 0 radical (unpaired) electrons. The minimum atomic E-state index is 0.0261. The van der Waals surface area contributed by atoms with Crippen LogP contribution in [0.3, 0.4) is 0 Å². The van der Waals surface area contributed by atoms with Crippen molar-refractivity contribution in [3.05, 3.63) is 33.3 Å². The fourth-order valence-corrected chi connectivity index (χ4v) is 0.823. The number of aromatic nitrogens is 1. The molecule has 0 saturated carbocycles. The Balaban J connectivity index is 3.34. The summed E-state index contributed by atoms with van der Waals surface area (Å²) in [7, 11) is 0. The van der Waals surface area contributed by atoms with Gasteiger partial charge in [0.15, 0.2) is 0 Å². The summed E-state index contributed by atoms with van der Waals surface area (Å²) >= 11 is 5.64. The minimum absolute atomic E-state index is 0.0261. The van der Waals surface area contributed by atoms with Crippen LogP contribution in [0.1, 0.15) is 5.56 Å². The smallest absolute Gasteiger partial charge is 0.146 e. The Hall–Kier alpha value is -1.76. The highest BCUT2D eigenvalue weighted by Crippen LogP contribution is 2.24. The van der Waals surface area contributed by atoms with Gasteiger partial charge in [-0.2, -0.15) is 5.26 Å². The summed E-state index contributed by atoms with van der Waals surface area (Å²) in [4.78, 5) is 6.18. The molecule has 12 heavy (non-hydrogen) atoms. The second-order valence-electron chi connectivity index (χ2n) is 1.80. The summed E-state index contributed by atoms with van der Waals surface area (Å²) in [6.07, 6.45) is 1.36. The van der Waals surface area contributed by atoms with Gasteiger partial charge in [0.25, 0.3) is 0 Å². The molecule has 0 aliphatic carbocycles. The molecule has 6 heteroatoms. The lowest BCUT2D eigenvalue weighted by Gasteiger charge is -1.95. The average Bonchev–Trinajstić information content (AvgIpc) is 2.09. The first-order chi connectivity index (χ1) is 5.79. The maximum atomic E-state index is 8.51. The van der Waals surface area contributed by atoms with Crippen molar-refractivity contribution in [3.8, 4) is 6.07 Å². The predicted octanol–water partition coefficient (Wildman–Crippen LogP) is 2.55. The maximum absolute atomic E-state index is 8.51. The normalized spacial score (nSPS) is 8.33. The van der Waals surface area contributed by atoms with E-state index in [-0.39, 0.29) is 16.4 Å². The molecule has 1 rings (SSSR count). The minimum Gasteiger partial charge on any atom is -0.253 e. The van der Waals surface area contributed by atoms with Gasteiger partial charge < -0.3 is 0 Å². The standard InChI is InChI=1S/C6H2ClN5/c7-5-4(3-8)1-2-10-6(5)11-12-9/h1-2H. The predicted molar refractivity (Wildman–Crippen MR) is 42.8 cm³/mol. The second-order valence-corrected chi connectivity index (χ2v) is 2.18. The fraction of sp³-hybridized carbons (Fsp3) is 0. The van der Waals surface area contributed by atoms with E-state index in [1.54, 1.807) is 0 Å². The molecule has 0 fully saturated rings. The van der Waals surface area contributed by atoms with Crippen molar-refractivity contribution in [1.82, 2.24) is 4.98 Å². The van der Waals surface area contributed by atoms with Gasteiger partial charge in [0.2, 0.25) is 0 Å². The lowest BCUT2D eigenvalue weighted by molar-refractivity contribution is 1.25. The van der Waals surface area contributed by atoms with Gasteiger partial charge in [0, 0.05) is 11.1 Å². The second kappa shape index (κ2) is 3.58. The van der Waals surface area contributed by atoms with Crippen LogP contribution in [0.4, 0.5) is 5.82 Å². The molecule has 0 spiro atoms. The SMILES string of the molecule is N#Cc1ccnc(N=[N+]=[N-])c1Cl. The molecule has 0 aliphatic rings. The lowest BCUT2D eigenvalue weighted by atomic mass is 10.3. The molecule has 0 unspecified atom stereocenters. The van der Waals surface area contributed by atoms with Gasteiger partial charge in [-0.05, 0) is 16.7 Å². The third kappa shape index (κ3) is 1.45. The van der Waals surface area contributed by atoms with Crippen molar-refractivity contribution in [2.45, 2.75) is 0 Å². The third-order valence-corrected chi connectivity index (χ3v) is 1.50. The molecule has 0 saturated heterocycles. The van der Waals surface area contributed by atoms with E-state index in [2.05, 4.69) is 15.0 Å². The van der Waals surface area contributed by atoms with Crippen molar-refractivity contribution in [2.24, 2.45) is 5.11 Å². The quantitative estimate of drug-likeness (QED) is 0.377. The third-order valence-electron chi connectivity index (χ3n) is 1.13. The zero-order valence-corrected chi connectivity index (χ0v) is 6.52.